The van der Waals surface area contributed by atoms with Crippen molar-refractivity contribution < 1.29 is 9.90 Å². The van der Waals surface area contributed by atoms with Crippen LogP contribution in [0, 0.1) is 0 Å². The molecule has 0 spiro atoms. The third-order valence-electron chi connectivity index (χ3n) is 1.69. The Morgan fingerprint density at radius 2 is 2.38 bits per heavy atom. The molecule has 1 aliphatic rings. The highest BCUT2D eigenvalue weighted by atomic mass is 16.4. The van der Waals surface area contributed by atoms with E-state index in [1.54, 1.807) is 18.4 Å². The Hall–Kier alpha value is -1.29. The van der Waals surface area contributed by atoms with Crippen LogP contribution in [-0.2, 0) is 4.79 Å². The number of nitrogens with one attached hydrogen (secondary N) is 2. The average Bonchev–Trinajstić information content (AvgIpc) is 2.03. The number of carboxylic acids is 1. The molecule has 0 aromatic carbocycles. The molecule has 0 saturated carbocycles. The molecule has 0 aromatic rings. The molecule has 4 heteroatoms. The number of rotatable bonds is 3. The van der Waals surface area contributed by atoms with E-state index in [0.29, 0.717) is 5.57 Å². The molecular weight excluding hydrogens is 168 g/mol. The van der Waals surface area contributed by atoms with Gasteiger partial charge in [-0.1, -0.05) is 0 Å². The molecule has 0 aromatic heterocycles. The van der Waals surface area contributed by atoms with E-state index in [0.717, 1.165) is 0 Å². The molecule has 13 heavy (non-hydrogen) atoms. The van der Waals surface area contributed by atoms with Crippen LogP contribution in [0.5, 0.6) is 0 Å². The van der Waals surface area contributed by atoms with Gasteiger partial charge < -0.3 is 10.4 Å². The number of dihydropyridines is 1. The van der Waals surface area contributed by atoms with Crippen molar-refractivity contribution in [3.8, 4) is 0 Å². The SMILES string of the molecule is CC(C)NC1NC=CC=C1C(=O)O. The Morgan fingerprint density at radius 3 is 2.92 bits per heavy atom. The zero-order valence-electron chi connectivity index (χ0n) is 7.74. The van der Waals surface area contributed by atoms with E-state index in [4.69, 9.17) is 5.11 Å². The number of hydrogen-bond acceptors (Lipinski definition) is 3. The predicted octanol–water partition coefficient (Wildman–Crippen LogP) is 0.438. The lowest BCUT2D eigenvalue weighted by atomic mass is 10.1. The predicted molar refractivity (Wildman–Crippen MR) is 50.1 cm³/mol. The van der Waals surface area contributed by atoms with Gasteiger partial charge in [0.15, 0.2) is 0 Å². The zero-order valence-corrected chi connectivity index (χ0v) is 7.74. The second-order valence-electron chi connectivity index (χ2n) is 3.21. The van der Waals surface area contributed by atoms with Gasteiger partial charge in [-0.2, -0.15) is 0 Å². The monoisotopic (exact) mass is 182 g/mol. The van der Waals surface area contributed by atoms with Gasteiger partial charge in [-0.3, -0.25) is 5.32 Å². The molecule has 4 nitrogen and oxygen atoms in total. The van der Waals surface area contributed by atoms with Crippen LogP contribution < -0.4 is 10.6 Å². The lowest BCUT2D eigenvalue weighted by molar-refractivity contribution is -0.133. The van der Waals surface area contributed by atoms with Crippen LogP contribution in [0.15, 0.2) is 23.9 Å². The highest BCUT2D eigenvalue weighted by Crippen LogP contribution is 2.05. The Kier molecular flexibility index (Phi) is 3.08. The molecule has 0 bridgehead atoms. The molecule has 1 aliphatic heterocycles. The lowest BCUT2D eigenvalue weighted by Gasteiger charge is -2.24. The van der Waals surface area contributed by atoms with Crippen molar-refractivity contribution in [2.24, 2.45) is 0 Å². The largest absolute Gasteiger partial charge is 0.478 e. The van der Waals surface area contributed by atoms with Gasteiger partial charge in [0.25, 0.3) is 0 Å². The fourth-order valence-electron chi connectivity index (χ4n) is 1.16. The van der Waals surface area contributed by atoms with E-state index >= 15 is 0 Å². The van der Waals surface area contributed by atoms with E-state index in [1.165, 1.54) is 0 Å². The Morgan fingerprint density at radius 1 is 1.69 bits per heavy atom. The third kappa shape index (κ3) is 2.59. The van der Waals surface area contributed by atoms with Crippen molar-refractivity contribution in [3.63, 3.8) is 0 Å². The minimum Gasteiger partial charge on any atom is -0.478 e. The standard InChI is InChI=1S/C9H14N2O2/c1-6(2)11-8-7(9(12)13)4-3-5-10-8/h3-6,8,10-11H,1-2H3,(H,12,13). The van der Waals surface area contributed by atoms with Crippen LogP contribution in [0.4, 0.5) is 0 Å². The maximum absolute atomic E-state index is 10.8. The molecule has 1 rings (SSSR count). The first-order valence-corrected chi connectivity index (χ1v) is 4.23. The van der Waals surface area contributed by atoms with E-state index in [2.05, 4.69) is 10.6 Å². The van der Waals surface area contributed by atoms with Gasteiger partial charge >= 0.3 is 5.97 Å². The first kappa shape index (κ1) is 9.80. The van der Waals surface area contributed by atoms with Crippen LogP contribution in [-0.4, -0.2) is 23.3 Å². The van der Waals surface area contributed by atoms with Crippen molar-refractivity contribution in [1.29, 1.82) is 0 Å². The summed E-state index contributed by atoms with van der Waals surface area (Å²) in [6.07, 6.45) is 4.72. The zero-order chi connectivity index (χ0) is 9.84. The second-order valence-corrected chi connectivity index (χ2v) is 3.21. The highest BCUT2D eigenvalue weighted by molar-refractivity contribution is 5.88. The first-order valence-electron chi connectivity index (χ1n) is 4.23. The molecule has 0 saturated heterocycles. The van der Waals surface area contributed by atoms with Gasteiger partial charge in [-0.25, -0.2) is 4.79 Å². The second kappa shape index (κ2) is 4.09. The maximum Gasteiger partial charge on any atom is 0.335 e. The average molecular weight is 182 g/mol. The van der Waals surface area contributed by atoms with Crippen molar-refractivity contribution in [3.05, 3.63) is 23.9 Å². The molecule has 0 radical (unpaired) electrons. The molecular formula is C9H14N2O2. The fraction of sp³-hybridized carbons (Fsp3) is 0.444. The van der Waals surface area contributed by atoms with Gasteiger partial charge in [0, 0.05) is 6.04 Å². The molecule has 72 valence electrons. The van der Waals surface area contributed by atoms with Crippen LogP contribution in [0.1, 0.15) is 13.8 Å². The summed E-state index contributed by atoms with van der Waals surface area (Å²) in [5.74, 6) is -0.894. The van der Waals surface area contributed by atoms with Crippen LogP contribution in [0.25, 0.3) is 0 Å². The minimum atomic E-state index is -0.894. The smallest absolute Gasteiger partial charge is 0.335 e. The van der Waals surface area contributed by atoms with Gasteiger partial charge in [0.2, 0.25) is 0 Å². The minimum absolute atomic E-state index is 0.242. The van der Waals surface area contributed by atoms with Crippen LogP contribution in [0.2, 0.25) is 0 Å². The maximum atomic E-state index is 10.8. The molecule has 0 fully saturated rings. The van der Waals surface area contributed by atoms with E-state index < -0.39 is 5.97 Å². The molecule has 1 heterocycles. The highest BCUT2D eigenvalue weighted by Gasteiger charge is 2.20. The van der Waals surface area contributed by atoms with Gasteiger partial charge in [-0.15, -0.1) is 0 Å². The fourth-order valence-corrected chi connectivity index (χ4v) is 1.16. The summed E-state index contributed by atoms with van der Waals surface area (Å²) < 4.78 is 0. The first-order chi connectivity index (χ1) is 6.11. The van der Waals surface area contributed by atoms with Crippen molar-refractivity contribution in [2.75, 3.05) is 0 Å². The summed E-state index contributed by atoms with van der Waals surface area (Å²) in [6.45, 7) is 3.94. The Bertz CT molecular complexity index is 256. The van der Waals surface area contributed by atoms with E-state index in [1.807, 2.05) is 13.8 Å². The molecule has 0 amide bonds. The summed E-state index contributed by atoms with van der Waals surface area (Å²) in [4.78, 5) is 10.8. The van der Waals surface area contributed by atoms with Crippen molar-refractivity contribution in [2.45, 2.75) is 26.1 Å². The normalized spacial score (nSPS) is 21.2. The Balaban J connectivity index is 2.69. The molecule has 3 N–H and O–H groups in total. The van der Waals surface area contributed by atoms with Crippen molar-refractivity contribution >= 4 is 5.97 Å². The Labute approximate surface area is 77.3 Å². The summed E-state index contributed by atoms with van der Waals surface area (Å²) in [5.41, 5.74) is 0.344. The third-order valence-corrected chi connectivity index (χ3v) is 1.69. The van der Waals surface area contributed by atoms with Gasteiger partial charge in [-0.05, 0) is 32.2 Å². The number of carbonyl (C=O) groups is 1. The topological polar surface area (TPSA) is 61.4 Å². The number of carboxylic acid groups (broad SMARTS) is 1. The van der Waals surface area contributed by atoms with E-state index in [9.17, 15) is 4.79 Å². The summed E-state index contributed by atoms with van der Waals surface area (Å²) >= 11 is 0. The number of aliphatic carboxylic acids is 1. The van der Waals surface area contributed by atoms with Gasteiger partial charge in [0.05, 0.1) is 5.57 Å². The quantitative estimate of drug-likeness (QED) is 0.592. The number of hydrogen-bond donors (Lipinski definition) is 3. The summed E-state index contributed by atoms with van der Waals surface area (Å²) in [7, 11) is 0. The molecule has 1 atom stereocenters. The lowest BCUT2D eigenvalue weighted by Crippen LogP contribution is -2.47. The molecule has 0 aliphatic carbocycles. The van der Waals surface area contributed by atoms with Crippen LogP contribution >= 0.6 is 0 Å². The van der Waals surface area contributed by atoms with Gasteiger partial charge in [0.1, 0.15) is 6.17 Å². The van der Waals surface area contributed by atoms with Crippen LogP contribution in [0.3, 0.4) is 0 Å². The summed E-state index contributed by atoms with van der Waals surface area (Å²) in [6, 6.07) is 0.242. The van der Waals surface area contributed by atoms with Crippen molar-refractivity contribution in [1.82, 2.24) is 10.6 Å². The number of allylic oxidation sites excluding steroid dienone is 2. The van der Waals surface area contributed by atoms with E-state index in [-0.39, 0.29) is 12.2 Å². The molecule has 1 unspecified atom stereocenters. The summed E-state index contributed by atoms with van der Waals surface area (Å²) in [5, 5.41) is 14.9.